The Balaban J connectivity index is 1.99. The van der Waals surface area contributed by atoms with Crippen molar-refractivity contribution in [2.75, 3.05) is 46.9 Å². The number of hydrogen-bond donors (Lipinski definition) is 2. The summed E-state index contributed by atoms with van der Waals surface area (Å²) in [6.45, 7) is 6.25. The van der Waals surface area contributed by atoms with E-state index in [1.165, 1.54) is 32.4 Å². The number of piperidine rings is 1. The van der Waals surface area contributed by atoms with Gasteiger partial charge in [0.2, 0.25) is 5.91 Å². The molecule has 0 aliphatic carbocycles. The predicted molar refractivity (Wildman–Crippen MR) is 77.2 cm³/mol. The summed E-state index contributed by atoms with van der Waals surface area (Å²) in [4.78, 5) is 14.0. The van der Waals surface area contributed by atoms with Gasteiger partial charge in [-0.2, -0.15) is 0 Å². The average Bonchev–Trinajstić information content (AvgIpc) is 2.37. The number of hydrogen-bond acceptors (Lipinski definition) is 4. The maximum atomic E-state index is 11.6. The van der Waals surface area contributed by atoms with Crippen molar-refractivity contribution in [1.29, 1.82) is 0 Å². The van der Waals surface area contributed by atoms with Gasteiger partial charge in [-0.05, 0) is 58.8 Å². The quantitative estimate of drug-likeness (QED) is 0.630. The van der Waals surface area contributed by atoms with Crippen molar-refractivity contribution in [3.05, 3.63) is 0 Å². The average molecular weight is 271 g/mol. The molecule has 1 unspecified atom stereocenters. The summed E-state index contributed by atoms with van der Waals surface area (Å²) in [7, 11) is 3.82. The molecule has 1 saturated heterocycles. The van der Waals surface area contributed by atoms with Gasteiger partial charge in [0.1, 0.15) is 0 Å². The Hall–Kier alpha value is -0.650. The molecule has 0 radical (unpaired) electrons. The van der Waals surface area contributed by atoms with E-state index in [2.05, 4.69) is 22.6 Å². The minimum absolute atomic E-state index is 0.0490. The standard InChI is InChI=1S/C14H29N3O2/c1-12(11-19-3)16-14(18)10-15-7-4-13-5-8-17(2)9-6-13/h12-13,15H,4-11H2,1-3H3,(H,16,18). The smallest absolute Gasteiger partial charge is 0.234 e. The van der Waals surface area contributed by atoms with Crippen molar-refractivity contribution >= 4 is 5.91 Å². The van der Waals surface area contributed by atoms with Crippen molar-refractivity contribution in [2.45, 2.75) is 32.2 Å². The largest absolute Gasteiger partial charge is 0.383 e. The predicted octanol–water partition coefficient (Wildman–Crippen LogP) is 0.459. The lowest BCUT2D eigenvalue weighted by molar-refractivity contribution is -0.121. The summed E-state index contributed by atoms with van der Waals surface area (Å²) in [5, 5.41) is 6.12. The van der Waals surface area contributed by atoms with Crippen LogP contribution >= 0.6 is 0 Å². The Morgan fingerprint density at radius 2 is 2.11 bits per heavy atom. The van der Waals surface area contributed by atoms with Crippen LogP contribution in [0.1, 0.15) is 26.2 Å². The zero-order valence-electron chi connectivity index (χ0n) is 12.6. The van der Waals surface area contributed by atoms with E-state index in [1.54, 1.807) is 7.11 Å². The first-order valence-electron chi connectivity index (χ1n) is 7.29. The summed E-state index contributed by atoms with van der Waals surface area (Å²) >= 11 is 0. The van der Waals surface area contributed by atoms with Crippen molar-refractivity contribution in [3.63, 3.8) is 0 Å². The molecule has 0 bridgehead atoms. The van der Waals surface area contributed by atoms with Gasteiger partial charge in [0.25, 0.3) is 0 Å². The lowest BCUT2D eigenvalue weighted by atomic mass is 9.94. The van der Waals surface area contributed by atoms with E-state index in [0.29, 0.717) is 13.2 Å². The third-order valence-electron chi connectivity index (χ3n) is 3.68. The zero-order valence-corrected chi connectivity index (χ0v) is 12.6. The van der Waals surface area contributed by atoms with Crippen LogP contribution in [0.4, 0.5) is 0 Å². The molecule has 1 aliphatic heterocycles. The molecule has 5 nitrogen and oxygen atoms in total. The van der Waals surface area contributed by atoms with E-state index >= 15 is 0 Å². The van der Waals surface area contributed by atoms with Crippen LogP contribution in [0.2, 0.25) is 0 Å². The first-order chi connectivity index (χ1) is 9.11. The molecule has 1 amide bonds. The normalized spacial score (nSPS) is 19.3. The van der Waals surface area contributed by atoms with Gasteiger partial charge >= 0.3 is 0 Å². The van der Waals surface area contributed by atoms with E-state index < -0.39 is 0 Å². The van der Waals surface area contributed by atoms with E-state index in [-0.39, 0.29) is 11.9 Å². The zero-order chi connectivity index (χ0) is 14.1. The molecule has 112 valence electrons. The number of ether oxygens (including phenoxy) is 1. The third kappa shape index (κ3) is 7.50. The van der Waals surface area contributed by atoms with Crippen molar-refractivity contribution in [3.8, 4) is 0 Å². The number of nitrogens with one attached hydrogen (secondary N) is 2. The molecule has 0 saturated carbocycles. The Kier molecular flexibility index (Phi) is 8.02. The monoisotopic (exact) mass is 271 g/mol. The Bertz CT molecular complexity index is 253. The van der Waals surface area contributed by atoms with Crippen molar-refractivity contribution in [2.24, 2.45) is 5.92 Å². The molecule has 0 aromatic heterocycles. The maximum absolute atomic E-state index is 11.6. The van der Waals surface area contributed by atoms with Gasteiger partial charge in [0.05, 0.1) is 13.2 Å². The number of methoxy groups -OCH3 is 1. The molecule has 1 heterocycles. The highest BCUT2D eigenvalue weighted by Crippen LogP contribution is 2.18. The molecule has 0 spiro atoms. The van der Waals surface area contributed by atoms with E-state index in [1.807, 2.05) is 6.92 Å². The van der Waals surface area contributed by atoms with Crippen LogP contribution in [-0.2, 0) is 9.53 Å². The molecule has 19 heavy (non-hydrogen) atoms. The fourth-order valence-corrected chi connectivity index (χ4v) is 2.48. The molecule has 1 fully saturated rings. The number of carbonyl (C=O) groups excluding carboxylic acids is 1. The first kappa shape index (κ1) is 16.4. The molecule has 0 aromatic carbocycles. The summed E-state index contributed by atoms with van der Waals surface area (Å²) in [5.41, 5.74) is 0. The van der Waals surface area contributed by atoms with Crippen LogP contribution in [0.5, 0.6) is 0 Å². The molecule has 2 N–H and O–H groups in total. The molecule has 1 rings (SSSR count). The highest BCUT2D eigenvalue weighted by molar-refractivity contribution is 5.78. The van der Waals surface area contributed by atoms with Gasteiger partial charge in [-0.25, -0.2) is 0 Å². The maximum Gasteiger partial charge on any atom is 0.234 e. The molecular weight excluding hydrogens is 242 g/mol. The first-order valence-corrected chi connectivity index (χ1v) is 7.29. The fourth-order valence-electron chi connectivity index (χ4n) is 2.48. The third-order valence-corrected chi connectivity index (χ3v) is 3.68. The lowest BCUT2D eigenvalue weighted by Gasteiger charge is -2.28. The summed E-state index contributed by atoms with van der Waals surface area (Å²) in [5.74, 6) is 0.868. The Labute approximate surface area is 117 Å². The van der Waals surface area contributed by atoms with Crippen molar-refractivity contribution in [1.82, 2.24) is 15.5 Å². The second kappa shape index (κ2) is 9.28. The van der Waals surface area contributed by atoms with Gasteiger partial charge in [-0.3, -0.25) is 4.79 Å². The highest BCUT2D eigenvalue weighted by Gasteiger charge is 2.16. The van der Waals surface area contributed by atoms with E-state index in [0.717, 1.165) is 12.5 Å². The number of likely N-dealkylation sites (tertiary alicyclic amines) is 1. The molecule has 1 atom stereocenters. The fraction of sp³-hybridized carbons (Fsp3) is 0.929. The van der Waals surface area contributed by atoms with Gasteiger partial charge in [0, 0.05) is 13.2 Å². The molecule has 1 aliphatic rings. The SMILES string of the molecule is COCC(C)NC(=O)CNCCC1CCN(C)CC1. The lowest BCUT2D eigenvalue weighted by Crippen LogP contribution is -2.41. The number of carbonyl (C=O) groups is 1. The topological polar surface area (TPSA) is 53.6 Å². The number of rotatable bonds is 8. The summed E-state index contributed by atoms with van der Waals surface area (Å²) in [6, 6.07) is 0.0770. The summed E-state index contributed by atoms with van der Waals surface area (Å²) in [6.07, 6.45) is 3.75. The molecule has 0 aromatic rings. The number of nitrogens with zero attached hydrogens (tertiary/aromatic N) is 1. The van der Waals surface area contributed by atoms with Crippen molar-refractivity contribution < 1.29 is 9.53 Å². The summed E-state index contributed by atoms with van der Waals surface area (Å²) < 4.78 is 4.98. The second-order valence-corrected chi connectivity index (χ2v) is 5.64. The van der Waals surface area contributed by atoms with Crippen LogP contribution in [-0.4, -0.2) is 63.8 Å². The minimum atomic E-state index is 0.0490. The Morgan fingerprint density at radius 1 is 1.42 bits per heavy atom. The Morgan fingerprint density at radius 3 is 2.74 bits per heavy atom. The van der Waals surface area contributed by atoms with Crippen LogP contribution in [0.3, 0.4) is 0 Å². The van der Waals surface area contributed by atoms with Crippen LogP contribution in [0, 0.1) is 5.92 Å². The van der Waals surface area contributed by atoms with Gasteiger partial charge in [-0.15, -0.1) is 0 Å². The van der Waals surface area contributed by atoms with Crippen LogP contribution in [0.15, 0.2) is 0 Å². The van der Waals surface area contributed by atoms with E-state index in [9.17, 15) is 4.79 Å². The van der Waals surface area contributed by atoms with E-state index in [4.69, 9.17) is 4.74 Å². The van der Waals surface area contributed by atoms with Crippen LogP contribution in [0.25, 0.3) is 0 Å². The highest BCUT2D eigenvalue weighted by atomic mass is 16.5. The van der Waals surface area contributed by atoms with Crippen LogP contribution < -0.4 is 10.6 Å². The molecular formula is C14H29N3O2. The van der Waals surface area contributed by atoms with Gasteiger partial charge < -0.3 is 20.3 Å². The minimum Gasteiger partial charge on any atom is -0.383 e. The second-order valence-electron chi connectivity index (χ2n) is 5.64. The van der Waals surface area contributed by atoms with Gasteiger partial charge in [0.15, 0.2) is 0 Å². The van der Waals surface area contributed by atoms with Gasteiger partial charge in [-0.1, -0.05) is 0 Å². The number of amides is 1. The molecule has 5 heteroatoms.